The van der Waals surface area contributed by atoms with Gasteiger partial charge in [-0.05, 0) is 12.1 Å². The van der Waals surface area contributed by atoms with Crippen LogP contribution >= 0.6 is 0 Å². The molecule has 0 unspecified atom stereocenters. The number of pyridine rings is 1. The van der Waals surface area contributed by atoms with Gasteiger partial charge in [0.25, 0.3) is 5.91 Å². The van der Waals surface area contributed by atoms with Gasteiger partial charge in [-0.15, -0.1) is 0 Å². The SMILES string of the molecule is COCCNC(=O)c1ccc(C#N)cn1. The molecule has 0 aromatic carbocycles. The first-order valence-corrected chi connectivity index (χ1v) is 4.41. The molecular formula is C10H11N3O2. The lowest BCUT2D eigenvalue weighted by Gasteiger charge is -2.03. The Morgan fingerprint density at radius 2 is 2.47 bits per heavy atom. The average molecular weight is 205 g/mol. The Kier molecular flexibility index (Phi) is 4.26. The molecule has 0 aliphatic carbocycles. The molecule has 1 rings (SSSR count). The standard InChI is InChI=1S/C10H11N3O2/c1-15-5-4-12-10(14)9-3-2-8(6-11)7-13-9/h2-3,7H,4-5H2,1H3,(H,12,14). The van der Waals surface area contributed by atoms with E-state index in [1.54, 1.807) is 13.2 Å². The number of rotatable bonds is 4. The van der Waals surface area contributed by atoms with Crippen LogP contribution in [0.3, 0.4) is 0 Å². The quantitative estimate of drug-likeness (QED) is 0.719. The van der Waals surface area contributed by atoms with Gasteiger partial charge >= 0.3 is 0 Å². The molecule has 0 atom stereocenters. The zero-order valence-electron chi connectivity index (χ0n) is 8.36. The molecule has 0 aliphatic heterocycles. The van der Waals surface area contributed by atoms with Gasteiger partial charge < -0.3 is 10.1 Å². The molecule has 0 fully saturated rings. The number of carbonyl (C=O) groups is 1. The van der Waals surface area contributed by atoms with Crippen molar-refractivity contribution in [1.29, 1.82) is 5.26 Å². The molecule has 0 saturated carbocycles. The van der Waals surface area contributed by atoms with Crippen molar-refractivity contribution in [2.24, 2.45) is 0 Å². The van der Waals surface area contributed by atoms with Gasteiger partial charge in [0.1, 0.15) is 11.8 Å². The highest BCUT2D eigenvalue weighted by Gasteiger charge is 2.05. The van der Waals surface area contributed by atoms with Crippen LogP contribution in [0, 0.1) is 11.3 Å². The second-order valence-corrected chi connectivity index (χ2v) is 2.79. The Morgan fingerprint density at radius 1 is 1.67 bits per heavy atom. The van der Waals surface area contributed by atoms with Crippen LogP contribution in [0.4, 0.5) is 0 Å². The molecule has 1 amide bonds. The van der Waals surface area contributed by atoms with Crippen LogP contribution in [0.5, 0.6) is 0 Å². The molecule has 1 heterocycles. The number of nitrogens with one attached hydrogen (secondary N) is 1. The molecule has 0 radical (unpaired) electrons. The first-order valence-electron chi connectivity index (χ1n) is 4.41. The topological polar surface area (TPSA) is 75.0 Å². The Labute approximate surface area is 87.7 Å². The Hall–Kier alpha value is -1.93. The number of amides is 1. The van der Waals surface area contributed by atoms with E-state index in [1.165, 1.54) is 12.3 Å². The number of ether oxygens (including phenoxy) is 1. The van der Waals surface area contributed by atoms with Crippen molar-refractivity contribution in [3.8, 4) is 6.07 Å². The lowest BCUT2D eigenvalue weighted by molar-refractivity contribution is 0.0932. The lowest BCUT2D eigenvalue weighted by atomic mass is 10.2. The van der Waals surface area contributed by atoms with Gasteiger partial charge in [0.05, 0.1) is 12.2 Å². The summed E-state index contributed by atoms with van der Waals surface area (Å²) in [5, 5.41) is 11.2. The van der Waals surface area contributed by atoms with Gasteiger partial charge in [0.2, 0.25) is 0 Å². The van der Waals surface area contributed by atoms with E-state index in [-0.39, 0.29) is 5.91 Å². The third-order valence-corrected chi connectivity index (χ3v) is 1.72. The Bertz CT molecular complexity index is 367. The van der Waals surface area contributed by atoms with Crippen LogP contribution in [0.25, 0.3) is 0 Å². The lowest BCUT2D eigenvalue weighted by Crippen LogP contribution is -2.27. The van der Waals surface area contributed by atoms with E-state index in [9.17, 15) is 4.79 Å². The first-order chi connectivity index (χ1) is 7.27. The molecule has 5 nitrogen and oxygen atoms in total. The number of hydrogen-bond acceptors (Lipinski definition) is 4. The highest BCUT2D eigenvalue weighted by molar-refractivity contribution is 5.92. The monoisotopic (exact) mass is 205 g/mol. The van der Waals surface area contributed by atoms with E-state index in [4.69, 9.17) is 10.00 Å². The normalized spacial score (nSPS) is 9.33. The zero-order chi connectivity index (χ0) is 11.1. The number of nitriles is 1. The first kappa shape index (κ1) is 11.1. The van der Waals surface area contributed by atoms with Gasteiger partial charge in [-0.25, -0.2) is 4.98 Å². The maximum absolute atomic E-state index is 11.4. The van der Waals surface area contributed by atoms with Crippen LogP contribution in [0.1, 0.15) is 16.1 Å². The molecule has 0 aliphatic rings. The summed E-state index contributed by atoms with van der Waals surface area (Å²) in [4.78, 5) is 15.3. The van der Waals surface area contributed by atoms with Crippen LogP contribution in [0.2, 0.25) is 0 Å². The van der Waals surface area contributed by atoms with Crippen LogP contribution in [-0.4, -0.2) is 31.2 Å². The summed E-state index contributed by atoms with van der Waals surface area (Å²) in [6.45, 7) is 0.902. The van der Waals surface area contributed by atoms with Crippen LogP contribution in [0.15, 0.2) is 18.3 Å². The van der Waals surface area contributed by atoms with E-state index in [0.717, 1.165) is 0 Å². The van der Waals surface area contributed by atoms with Crippen LogP contribution in [-0.2, 0) is 4.74 Å². The van der Waals surface area contributed by atoms with E-state index < -0.39 is 0 Å². The predicted molar refractivity (Wildman–Crippen MR) is 53.2 cm³/mol. The maximum atomic E-state index is 11.4. The van der Waals surface area contributed by atoms with Crippen molar-refractivity contribution in [1.82, 2.24) is 10.3 Å². The minimum absolute atomic E-state index is 0.267. The summed E-state index contributed by atoms with van der Waals surface area (Å²) in [6, 6.07) is 5.00. The second kappa shape index (κ2) is 5.73. The van der Waals surface area contributed by atoms with Gasteiger partial charge in [-0.3, -0.25) is 4.79 Å². The summed E-state index contributed by atoms with van der Waals surface area (Å²) in [5.74, 6) is -0.267. The fraction of sp³-hybridized carbons (Fsp3) is 0.300. The highest BCUT2D eigenvalue weighted by atomic mass is 16.5. The summed E-state index contributed by atoms with van der Waals surface area (Å²) >= 11 is 0. The second-order valence-electron chi connectivity index (χ2n) is 2.79. The van der Waals surface area contributed by atoms with E-state index in [2.05, 4.69) is 10.3 Å². The fourth-order valence-electron chi connectivity index (χ4n) is 0.951. The molecule has 0 saturated heterocycles. The van der Waals surface area contributed by atoms with Crippen molar-refractivity contribution in [2.45, 2.75) is 0 Å². The highest BCUT2D eigenvalue weighted by Crippen LogP contribution is 1.98. The summed E-state index contributed by atoms with van der Waals surface area (Å²) in [5.41, 5.74) is 0.730. The van der Waals surface area contributed by atoms with Gasteiger partial charge in [0.15, 0.2) is 0 Å². The van der Waals surface area contributed by atoms with Gasteiger partial charge in [-0.1, -0.05) is 0 Å². The number of methoxy groups -OCH3 is 1. The molecule has 15 heavy (non-hydrogen) atoms. The molecule has 0 spiro atoms. The molecular weight excluding hydrogens is 194 g/mol. The summed E-state index contributed by atoms with van der Waals surface area (Å²) < 4.78 is 4.79. The average Bonchev–Trinajstić information content (AvgIpc) is 2.29. The molecule has 1 aromatic heterocycles. The Balaban J connectivity index is 2.55. The summed E-state index contributed by atoms with van der Waals surface area (Å²) in [6.07, 6.45) is 1.37. The van der Waals surface area contributed by atoms with Gasteiger partial charge in [0, 0.05) is 19.9 Å². The number of carbonyl (C=O) groups excluding carboxylic acids is 1. The predicted octanol–water partition coefficient (Wildman–Crippen LogP) is 0.329. The Morgan fingerprint density at radius 3 is 3.00 bits per heavy atom. The van der Waals surface area contributed by atoms with E-state index in [0.29, 0.717) is 24.4 Å². The molecule has 0 bridgehead atoms. The minimum atomic E-state index is -0.267. The molecule has 1 N–H and O–H groups in total. The number of hydrogen-bond donors (Lipinski definition) is 1. The van der Waals surface area contributed by atoms with E-state index in [1.807, 2.05) is 6.07 Å². The third-order valence-electron chi connectivity index (χ3n) is 1.72. The van der Waals surface area contributed by atoms with Crippen molar-refractivity contribution < 1.29 is 9.53 Å². The maximum Gasteiger partial charge on any atom is 0.269 e. The molecule has 1 aromatic rings. The van der Waals surface area contributed by atoms with Crippen molar-refractivity contribution >= 4 is 5.91 Å². The van der Waals surface area contributed by atoms with E-state index >= 15 is 0 Å². The van der Waals surface area contributed by atoms with Crippen molar-refractivity contribution in [2.75, 3.05) is 20.3 Å². The molecule has 78 valence electrons. The third kappa shape index (κ3) is 3.37. The fourth-order valence-corrected chi connectivity index (χ4v) is 0.951. The largest absolute Gasteiger partial charge is 0.383 e. The van der Waals surface area contributed by atoms with Crippen molar-refractivity contribution in [3.05, 3.63) is 29.6 Å². The molecule has 5 heteroatoms. The van der Waals surface area contributed by atoms with Crippen LogP contribution < -0.4 is 5.32 Å². The number of nitrogens with zero attached hydrogens (tertiary/aromatic N) is 2. The zero-order valence-corrected chi connectivity index (χ0v) is 8.36. The van der Waals surface area contributed by atoms with Crippen molar-refractivity contribution in [3.63, 3.8) is 0 Å². The minimum Gasteiger partial charge on any atom is -0.383 e. The summed E-state index contributed by atoms with van der Waals surface area (Å²) in [7, 11) is 1.56. The smallest absolute Gasteiger partial charge is 0.269 e. The van der Waals surface area contributed by atoms with Gasteiger partial charge in [-0.2, -0.15) is 5.26 Å². The number of aromatic nitrogens is 1.